The fraction of sp³-hybridized carbons (Fsp3) is 0.231. The van der Waals surface area contributed by atoms with Gasteiger partial charge in [0, 0.05) is 35.4 Å². The van der Waals surface area contributed by atoms with Crippen LogP contribution in [-0.2, 0) is 16.0 Å². The molecule has 2 aromatic carbocycles. The highest BCUT2D eigenvalue weighted by atomic mass is 35.5. The van der Waals surface area contributed by atoms with Crippen LogP contribution in [0.3, 0.4) is 0 Å². The summed E-state index contributed by atoms with van der Waals surface area (Å²) in [6.45, 7) is 1.62. The van der Waals surface area contributed by atoms with Crippen molar-refractivity contribution in [2.75, 3.05) is 24.7 Å². The summed E-state index contributed by atoms with van der Waals surface area (Å²) < 4.78 is 11.1. The summed E-state index contributed by atoms with van der Waals surface area (Å²) in [6.07, 6.45) is 2.26. The number of halogens is 1. The molecule has 180 valence electrons. The van der Waals surface area contributed by atoms with Crippen molar-refractivity contribution >= 4 is 34.9 Å². The highest BCUT2D eigenvalue weighted by Crippen LogP contribution is 2.34. The van der Waals surface area contributed by atoms with Gasteiger partial charge >= 0.3 is 0 Å². The number of pyridine rings is 1. The summed E-state index contributed by atoms with van der Waals surface area (Å²) in [4.78, 5) is 43.9. The van der Waals surface area contributed by atoms with E-state index in [0.717, 1.165) is 5.69 Å². The monoisotopic (exact) mass is 493 g/mol. The molecule has 1 aliphatic rings. The Labute approximate surface area is 207 Å². The van der Waals surface area contributed by atoms with Crippen LogP contribution in [0.4, 0.5) is 5.69 Å². The molecule has 1 atom stereocenters. The maximum absolute atomic E-state index is 12.8. The molecule has 1 aromatic heterocycles. The van der Waals surface area contributed by atoms with E-state index in [2.05, 4.69) is 10.3 Å². The van der Waals surface area contributed by atoms with Crippen molar-refractivity contribution < 1.29 is 23.9 Å². The first kappa shape index (κ1) is 24.2. The number of amides is 2. The van der Waals surface area contributed by atoms with E-state index in [0.29, 0.717) is 40.7 Å². The number of nitrogens with zero attached hydrogens (tertiary/aromatic N) is 2. The number of rotatable bonds is 9. The number of ether oxygens (including phenoxy) is 2. The maximum Gasteiger partial charge on any atom is 0.265 e. The van der Waals surface area contributed by atoms with Crippen LogP contribution in [-0.4, -0.2) is 48.4 Å². The standard InChI is InChI=1S/C26H24ClN3O5/c1-17(26(33)29-12-10-20-6-2-3-11-28-20)30-22-13-18(8-9-24(22)35-16-25(30)32)23(31)15-34-21-7-4-5-19(27)14-21/h2-9,11,13-14,17H,10,12,15-16H2,1H3,(H,29,33)/t17-/m0/s1. The minimum absolute atomic E-state index is 0.191. The zero-order valence-corrected chi connectivity index (χ0v) is 19.8. The van der Waals surface area contributed by atoms with E-state index in [1.807, 2.05) is 18.2 Å². The number of ketones is 1. The summed E-state index contributed by atoms with van der Waals surface area (Å²) in [5.74, 6) is -0.0870. The van der Waals surface area contributed by atoms with Gasteiger partial charge in [0.15, 0.2) is 19.0 Å². The highest BCUT2D eigenvalue weighted by Gasteiger charge is 2.33. The summed E-state index contributed by atoms with van der Waals surface area (Å²) in [7, 11) is 0. The third-order valence-electron chi connectivity index (χ3n) is 5.50. The van der Waals surface area contributed by atoms with Crippen LogP contribution >= 0.6 is 11.6 Å². The second kappa shape index (κ2) is 11.0. The van der Waals surface area contributed by atoms with E-state index in [4.69, 9.17) is 21.1 Å². The smallest absolute Gasteiger partial charge is 0.265 e. The summed E-state index contributed by atoms with van der Waals surface area (Å²) >= 11 is 5.95. The lowest BCUT2D eigenvalue weighted by Crippen LogP contribution is -2.51. The number of carbonyl (C=O) groups excluding carboxylic acids is 3. The molecular weight excluding hydrogens is 470 g/mol. The minimum Gasteiger partial charge on any atom is -0.485 e. The van der Waals surface area contributed by atoms with E-state index < -0.39 is 6.04 Å². The number of carbonyl (C=O) groups is 3. The number of aromatic nitrogens is 1. The predicted molar refractivity (Wildman–Crippen MR) is 131 cm³/mol. The third kappa shape index (κ3) is 5.96. The first-order chi connectivity index (χ1) is 16.9. The summed E-state index contributed by atoms with van der Waals surface area (Å²) in [5, 5.41) is 3.35. The van der Waals surface area contributed by atoms with Crippen molar-refractivity contribution in [1.29, 1.82) is 0 Å². The molecule has 0 unspecified atom stereocenters. The molecule has 3 aromatic rings. The molecule has 2 amide bonds. The topological polar surface area (TPSA) is 97.8 Å². The average molecular weight is 494 g/mol. The molecule has 2 heterocycles. The lowest BCUT2D eigenvalue weighted by molar-refractivity contribution is -0.127. The van der Waals surface area contributed by atoms with Gasteiger partial charge in [0.1, 0.15) is 17.5 Å². The fourth-order valence-electron chi connectivity index (χ4n) is 3.68. The van der Waals surface area contributed by atoms with E-state index >= 15 is 0 Å². The van der Waals surface area contributed by atoms with Crippen molar-refractivity contribution in [2.45, 2.75) is 19.4 Å². The van der Waals surface area contributed by atoms with E-state index in [-0.39, 0.29) is 30.8 Å². The first-order valence-electron chi connectivity index (χ1n) is 11.1. The Kier molecular flexibility index (Phi) is 7.62. The largest absolute Gasteiger partial charge is 0.485 e. The van der Waals surface area contributed by atoms with Gasteiger partial charge in [0.25, 0.3) is 5.91 Å². The molecule has 0 radical (unpaired) electrons. The Morgan fingerprint density at radius 3 is 2.80 bits per heavy atom. The van der Waals surface area contributed by atoms with Gasteiger partial charge in [-0.25, -0.2) is 0 Å². The summed E-state index contributed by atoms with van der Waals surface area (Å²) in [5.41, 5.74) is 1.55. The molecular formula is C26H24ClN3O5. The molecule has 0 saturated carbocycles. The van der Waals surface area contributed by atoms with Gasteiger partial charge in [-0.05, 0) is 55.5 Å². The predicted octanol–water partition coefficient (Wildman–Crippen LogP) is 3.47. The Hall–Kier alpha value is -3.91. The van der Waals surface area contributed by atoms with Gasteiger partial charge in [0.2, 0.25) is 5.91 Å². The molecule has 0 bridgehead atoms. The zero-order chi connectivity index (χ0) is 24.8. The van der Waals surface area contributed by atoms with Crippen molar-refractivity contribution in [3.8, 4) is 11.5 Å². The van der Waals surface area contributed by atoms with Crippen molar-refractivity contribution in [1.82, 2.24) is 10.3 Å². The normalized spacial score (nSPS) is 13.4. The van der Waals surface area contributed by atoms with Crippen LogP contribution in [0, 0.1) is 0 Å². The van der Waals surface area contributed by atoms with Crippen LogP contribution in [0.5, 0.6) is 11.5 Å². The van der Waals surface area contributed by atoms with Gasteiger partial charge in [-0.3, -0.25) is 24.3 Å². The minimum atomic E-state index is -0.804. The van der Waals surface area contributed by atoms with E-state index in [9.17, 15) is 14.4 Å². The molecule has 9 heteroatoms. The molecule has 4 rings (SSSR count). The van der Waals surface area contributed by atoms with Crippen LogP contribution in [0.15, 0.2) is 66.9 Å². The highest BCUT2D eigenvalue weighted by molar-refractivity contribution is 6.30. The number of Topliss-reactive ketones (excluding diaryl/α,β-unsaturated/α-hetero) is 1. The number of anilines is 1. The second-order valence-electron chi connectivity index (χ2n) is 7.94. The molecule has 0 aliphatic carbocycles. The number of nitrogens with one attached hydrogen (secondary N) is 1. The molecule has 0 saturated heterocycles. The quantitative estimate of drug-likeness (QED) is 0.458. The summed E-state index contributed by atoms with van der Waals surface area (Å²) in [6, 6.07) is 16.3. The fourth-order valence-corrected chi connectivity index (χ4v) is 3.86. The first-order valence-corrected chi connectivity index (χ1v) is 11.5. The van der Waals surface area contributed by atoms with Gasteiger partial charge in [-0.15, -0.1) is 0 Å². The van der Waals surface area contributed by atoms with Gasteiger partial charge in [-0.1, -0.05) is 23.7 Å². The Morgan fingerprint density at radius 1 is 1.17 bits per heavy atom. The zero-order valence-electron chi connectivity index (χ0n) is 19.1. The number of benzene rings is 2. The molecule has 0 fully saturated rings. The van der Waals surface area contributed by atoms with E-state index in [1.165, 1.54) is 4.90 Å². The van der Waals surface area contributed by atoms with Crippen molar-refractivity contribution in [3.63, 3.8) is 0 Å². The Bertz CT molecular complexity index is 1230. The molecule has 1 N–H and O–H groups in total. The lowest BCUT2D eigenvalue weighted by atomic mass is 10.1. The number of hydrogen-bond acceptors (Lipinski definition) is 6. The molecule has 1 aliphatic heterocycles. The van der Waals surface area contributed by atoms with Crippen LogP contribution in [0.25, 0.3) is 0 Å². The third-order valence-corrected chi connectivity index (χ3v) is 5.73. The van der Waals surface area contributed by atoms with Crippen LogP contribution in [0.1, 0.15) is 23.0 Å². The lowest BCUT2D eigenvalue weighted by Gasteiger charge is -2.33. The van der Waals surface area contributed by atoms with Gasteiger partial charge < -0.3 is 14.8 Å². The Morgan fingerprint density at radius 2 is 2.03 bits per heavy atom. The van der Waals surface area contributed by atoms with Crippen LogP contribution < -0.4 is 19.7 Å². The van der Waals surface area contributed by atoms with Gasteiger partial charge in [-0.2, -0.15) is 0 Å². The average Bonchev–Trinajstić information content (AvgIpc) is 2.87. The molecule has 0 spiro atoms. The maximum atomic E-state index is 12.8. The molecule has 35 heavy (non-hydrogen) atoms. The second-order valence-corrected chi connectivity index (χ2v) is 8.38. The molecule has 8 nitrogen and oxygen atoms in total. The SMILES string of the molecule is C[C@@H](C(=O)NCCc1ccccn1)N1C(=O)COc2ccc(C(=O)COc3cccc(Cl)c3)cc21. The van der Waals surface area contributed by atoms with Crippen molar-refractivity contribution in [2.24, 2.45) is 0 Å². The number of hydrogen-bond donors (Lipinski definition) is 1. The number of fused-ring (bicyclic) bond motifs is 1. The Balaban J connectivity index is 1.44. The van der Waals surface area contributed by atoms with Crippen molar-refractivity contribution in [3.05, 3.63) is 83.1 Å². The van der Waals surface area contributed by atoms with Gasteiger partial charge in [0.05, 0.1) is 5.69 Å². The van der Waals surface area contributed by atoms with E-state index in [1.54, 1.807) is 55.6 Å². The van der Waals surface area contributed by atoms with Crippen LogP contribution in [0.2, 0.25) is 5.02 Å².